The molecular weight excluding hydrogens is 517 g/mol. The van der Waals surface area contributed by atoms with Gasteiger partial charge < -0.3 is 15.8 Å². The Hall–Kier alpha value is -2.04. The lowest BCUT2D eigenvalue weighted by Crippen LogP contribution is -2.44. The van der Waals surface area contributed by atoms with E-state index in [0.717, 1.165) is 31.2 Å². The molecule has 7 nitrogen and oxygen atoms in total. The Morgan fingerprint density at radius 2 is 1.84 bits per heavy atom. The van der Waals surface area contributed by atoms with Gasteiger partial charge in [-0.15, -0.1) is 0 Å². The molecule has 0 bridgehead atoms. The summed E-state index contributed by atoms with van der Waals surface area (Å²) in [6.07, 6.45) is 3.85. The highest BCUT2D eigenvalue weighted by atomic mass is 35.5. The number of hydrogen-bond donors (Lipinski definition) is 2. The lowest BCUT2D eigenvalue weighted by molar-refractivity contribution is -0.118. The van der Waals surface area contributed by atoms with Crippen LogP contribution in [0.5, 0.6) is 0 Å². The third kappa shape index (κ3) is 6.01. The molecule has 3 fully saturated rings. The molecule has 0 radical (unpaired) electrons. The fourth-order valence-corrected chi connectivity index (χ4v) is 7.56. The fraction of sp³-hybridized carbons (Fsp3) is 0.519. The number of halogens is 2. The zero-order chi connectivity index (χ0) is 26.2. The van der Waals surface area contributed by atoms with Crippen molar-refractivity contribution in [3.63, 3.8) is 0 Å². The molecule has 5 rings (SSSR count). The highest BCUT2D eigenvalue weighted by molar-refractivity contribution is 7.90. The molecule has 4 atom stereocenters. The molecule has 2 heterocycles. The van der Waals surface area contributed by atoms with Crippen molar-refractivity contribution in [1.29, 1.82) is 0 Å². The van der Waals surface area contributed by atoms with E-state index in [-0.39, 0.29) is 29.0 Å². The summed E-state index contributed by atoms with van der Waals surface area (Å²) in [4.78, 5) is 13.4. The molecule has 2 saturated heterocycles. The van der Waals surface area contributed by atoms with Crippen LogP contribution in [0.25, 0.3) is 0 Å². The largest absolute Gasteiger partial charge is 0.381 e. The van der Waals surface area contributed by atoms with Crippen LogP contribution in [0.3, 0.4) is 0 Å². The Morgan fingerprint density at radius 3 is 2.51 bits per heavy atom. The van der Waals surface area contributed by atoms with E-state index in [2.05, 4.69) is 5.32 Å². The summed E-state index contributed by atoms with van der Waals surface area (Å²) < 4.78 is 46.7. The topological polar surface area (TPSA) is 102 Å². The van der Waals surface area contributed by atoms with Crippen molar-refractivity contribution in [3.8, 4) is 0 Å². The van der Waals surface area contributed by atoms with Crippen LogP contribution in [0.15, 0.2) is 42.5 Å². The van der Waals surface area contributed by atoms with Gasteiger partial charge in [-0.1, -0.05) is 29.8 Å². The van der Waals surface area contributed by atoms with Crippen molar-refractivity contribution >= 4 is 33.2 Å². The van der Waals surface area contributed by atoms with Crippen LogP contribution >= 0.6 is 11.6 Å². The number of ether oxygens (including phenoxy) is 1. The third-order valence-electron chi connectivity index (χ3n) is 7.76. The second-order valence-corrected chi connectivity index (χ2v) is 12.9. The van der Waals surface area contributed by atoms with Crippen molar-refractivity contribution in [2.45, 2.75) is 61.8 Å². The van der Waals surface area contributed by atoms with Gasteiger partial charge in [0.15, 0.2) is 0 Å². The van der Waals surface area contributed by atoms with Gasteiger partial charge in [0, 0.05) is 48.0 Å². The number of rotatable bonds is 10. The lowest BCUT2D eigenvalue weighted by atomic mass is 9.76. The molecule has 200 valence electrons. The molecule has 10 heteroatoms. The van der Waals surface area contributed by atoms with Crippen LogP contribution in [0.4, 0.5) is 10.1 Å². The third-order valence-corrected chi connectivity index (χ3v) is 10.4. The Kier molecular flexibility index (Phi) is 7.88. The van der Waals surface area contributed by atoms with Crippen LogP contribution < -0.4 is 11.1 Å². The second kappa shape index (κ2) is 11.0. The molecule has 1 aliphatic carbocycles. The molecular formula is C27H33ClFN3O4S. The number of nitrogens with two attached hydrogens (primary N) is 1. The highest BCUT2D eigenvalue weighted by Crippen LogP contribution is 2.39. The zero-order valence-corrected chi connectivity index (χ0v) is 22.2. The van der Waals surface area contributed by atoms with Crippen molar-refractivity contribution < 1.29 is 22.3 Å². The monoisotopic (exact) mass is 549 g/mol. The molecule has 1 saturated carbocycles. The van der Waals surface area contributed by atoms with Crippen molar-refractivity contribution in [2.75, 3.05) is 25.1 Å². The van der Waals surface area contributed by atoms with E-state index in [1.807, 2.05) is 12.1 Å². The van der Waals surface area contributed by atoms with E-state index in [1.165, 1.54) is 10.4 Å². The lowest BCUT2D eigenvalue weighted by Gasteiger charge is -2.34. The molecule has 3 aliphatic rings. The van der Waals surface area contributed by atoms with Gasteiger partial charge in [-0.3, -0.25) is 4.79 Å². The summed E-state index contributed by atoms with van der Waals surface area (Å²) in [6, 6.07) is 11.0. The SMILES string of the molecule is N[C@H](C(=O)Nc1cccc(F)c1CC[C@H]1CN1S(=O)(=O)C1CC1)C(c1ccc(Cl)cc1)C1CCOCC1. The van der Waals surface area contributed by atoms with Crippen molar-refractivity contribution in [1.82, 2.24) is 4.31 Å². The smallest absolute Gasteiger partial charge is 0.241 e. The van der Waals surface area contributed by atoms with Gasteiger partial charge in [0.2, 0.25) is 15.9 Å². The number of hydrogen-bond acceptors (Lipinski definition) is 5. The van der Waals surface area contributed by atoms with E-state index in [4.69, 9.17) is 22.1 Å². The number of amides is 1. The number of sulfonamides is 1. The molecule has 0 aromatic heterocycles. The molecule has 2 aromatic rings. The zero-order valence-electron chi connectivity index (χ0n) is 20.6. The van der Waals surface area contributed by atoms with E-state index in [9.17, 15) is 17.6 Å². The summed E-state index contributed by atoms with van der Waals surface area (Å²) >= 11 is 6.09. The number of nitrogens with zero attached hydrogens (tertiary/aromatic N) is 1. The minimum absolute atomic E-state index is 0.112. The van der Waals surface area contributed by atoms with Crippen LogP contribution in [0, 0.1) is 11.7 Å². The Morgan fingerprint density at radius 1 is 1.14 bits per heavy atom. The van der Waals surface area contributed by atoms with E-state index in [1.54, 1.807) is 24.3 Å². The Balaban J connectivity index is 1.29. The van der Waals surface area contributed by atoms with Gasteiger partial charge in [0.1, 0.15) is 5.82 Å². The fourth-order valence-electron chi connectivity index (χ4n) is 5.42. The molecule has 3 N–H and O–H groups in total. The molecule has 2 aromatic carbocycles. The molecule has 2 aliphatic heterocycles. The number of benzene rings is 2. The van der Waals surface area contributed by atoms with Crippen LogP contribution in [-0.4, -0.2) is 55.7 Å². The summed E-state index contributed by atoms with van der Waals surface area (Å²) in [5, 5.41) is 3.24. The van der Waals surface area contributed by atoms with Crippen LogP contribution in [0.1, 0.15) is 49.1 Å². The average Bonchev–Trinajstić information content (AvgIpc) is 3.80. The maximum Gasteiger partial charge on any atom is 0.241 e. The molecule has 37 heavy (non-hydrogen) atoms. The summed E-state index contributed by atoms with van der Waals surface area (Å²) in [7, 11) is -3.21. The van der Waals surface area contributed by atoms with Gasteiger partial charge in [-0.05, 0) is 74.3 Å². The maximum atomic E-state index is 14.9. The Labute approximate surface area is 222 Å². The maximum absolute atomic E-state index is 14.9. The quantitative estimate of drug-likeness (QED) is 0.435. The van der Waals surface area contributed by atoms with Crippen molar-refractivity contribution in [2.24, 2.45) is 11.7 Å². The predicted octanol–water partition coefficient (Wildman–Crippen LogP) is 4.06. The van der Waals surface area contributed by atoms with Gasteiger partial charge >= 0.3 is 0 Å². The van der Waals surface area contributed by atoms with Crippen LogP contribution in [0.2, 0.25) is 5.02 Å². The first-order valence-electron chi connectivity index (χ1n) is 12.9. The highest BCUT2D eigenvalue weighted by Gasteiger charge is 2.50. The second-order valence-electron chi connectivity index (χ2n) is 10.3. The van der Waals surface area contributed by atoms with Gasteiger partial charge in [-0.2, -0.15) is 4.31 Å². The standard InChI is InChI=1S/C27H33ClFN3O4S/c28-19-6-4-17(5-7-19)25(18-12-14-36-15-13-18)26(30)27(33)31-24-3-1-2-23(29)22(24)11-8-20-16-32(20)37(34,35)21-9-10-21/h1-7,18,20-21,25-26H,8-16,30H2,(H,31,33)/t20-,25?,26-,32?/m0/s1. The van der Waals surface area contributed by atoms with Gasteiger partial charge in [0.05, 0.1) is 11.3 Å². The summed E-state index contributed by atoms with van der Waals surface area (Å²) in [6.45, 7) is 1.71. The molecule has 2 unspecified atom stereocenters. The molecule has 1 amide bonds. The van der Waals surface area contributed by atoms with E-state index >= 15 is 0 Å². The first kappa shape index (κ1) is 26.6. The number of nitrogens with one attached hydrogen (secondary N) is 1. The number of anilines is 1. The van der Waals surface area contributed by atoms with E-state index in [0.29, 0.717) is 48.9 Å². The first-order valence-corrected chi connectivity index (χ1v) is 14.8. The molecule has 0 spiro atoms. The minimum Gasteiger partial charge on any atom is -0.381 e. The average molecular weight is 550 g/mol. The summed E-state index contributed by atoms with van der Waals surface area (Å²) in [5.41, 5.74) is 8.26. The van der Waals surface area contributed by atoms with Crippen molar-refractivity contribution in [3.05, 3.63) is 64.4 Å². The number of carbonyl (C=O) groups is 1. The van der Waals surface area contributed by atoms with Gasteiger partial charge in [-0.25, -0.2) is 12.8 Å². The summed E-state index contributed by atoms with van der Waals surface area (Å²) in [5.74, 6) is -0.896. The van der Waals surface area contributed by atoms with E-state index < -0.39 is 21.9 Å². The van der Waals surface area contributed by atoms with Gasteiger partial charge in [0.25, 0.3) is 0 Å². The predicted molar refractivity (Wildman–Crippen MR) is 141 cm³/mol. The van der Waals surface area contributed by atoms with Crippen LogP contribution in [-0.2, 0) is 26.0 Å². The first-order chi connectivity index (χ1) is 17.8. The minimum atomic E-state index is -3.21. The normalized spacial score (nSPS) is 23.9. The number of carbonyl (C=O) groups excluding carboxylic acids is 1. The Bertz CT molecular complexity index is 1230.